The summed E-state index contributed by atoms with van der Waals surface area (Å²) in [5.74, 6) is 0.865. The standard InChI is InChI=1S/C12H22N4O/c1-3-6-13-7-12-14-9-16(15-12)8-11-5-4-10(2)17-11/h9-11,13H,3-8H2,1-2H3. The van der Waals surface area contributed by atoms with E-state index < -0.39 is 0 Å². The highest BCUT2D eigenvalue weighted by atomic mass is 16.5. The molecule has 1 saturated heterocycles. The summed E-state index contributed by atoms with van der Waals surface area (Å²) in [6, 6.07) is 0. The molecule has 5 heteroatoms. The Hall–Kier alpha value is -0.940. The van der Waals surface area contributed by atoms with Crippen molar-refractivity contribution in [3.63, 3.8) is 0 Å². The lowest BCUT2D eigenvalue weighted by molar-refractivity contribution is 0.0436. The van der Waals surface area contributed by atoms with Gasteiger partial charge in [-0.15, -0.1) is 0 Å². The lowest BCUT2D eigenvalue weighted by Crippen LogP contribution is -2.18. The van der Waals surface area contributed by atoms with E-state index in [9.17, 15) is 0 Å². The fraction of sp³-hybridized carbons (Fsp3) is 0.833. The zero-order valence-electron chi connectivity index (χ0n) is 10.7. The molecule has 2 rings (SSSR count). The third kappa shape index (κ3) is 3.78. The minimum atomic E-state index is 0.308. The van der Waals surface area contributed by atoms with Crippen LogP contribution in [0.2, 0.25) is 0 Å². The van der Waals surface area contributed by atoms with Gasteiger partial charge in [0.1, 0.15) is 6.33 Å². The molecular formula is C12H22N4O. The molecule has 0 spiro atoms. The Morgan fingerprint density at radius 1 is 1.53 bits per heavy atom. The van der Waals surface area contributed by atoms with Crippen molar-refractivity contribution in [2.45, 2.75) is 58.4 Å². The van der Waals surface area contributed by atoms with Gasteiger partial charge in [-0.3, -0.25) is 4.68 Å². The predicted molar refractivity (Wildman–Crippen MR) is 65.6 cm³/mol. The molecule has 0 saturated carbocycles. The molecule has 1 aromatic heterocycles. The van der Waals surface area contributed by atoms with Crippen molar-refractivity contribution in [2.75, 3.05) is 6.54 Å². The molecule has 0 radical (unpaired) electrons. The number of ether oxygens (including phenoxy) is 1. The molecule has 0 bridgehead atoms. The Balaban J connectivity index is 1.77. The van der Waals surface area contributed by atoms with Gasteiger partial charge in [-0.05, 0) is 32.7 Å². The highest BCUT2D eigenvalue weighted by Gasteiger charge is 2.22. The minimum Gasteiger partial charge on any atom is -0.373 e. The van der Waals surface area contributed by atoms with Crippen molar-refractivity contribution in [2.24, 2.45) is 0 Å². The lowest BCUT2D eigenvalue weighted by Gasteiger charge is -2.10. The second-order valence-corrected chi connectivity index (χ2v) is 4.71. The van der Waals surface area contributed by atoms with Crippen molar-refractivity contribution in [1.29, 1.82) is 0 Å². The van der Waals surface area contributed by atoms with Crippen LogP contribution in [0.25, 0.3) is 0 Å². The van der Waals surface area contributed by atoms with E-state index in [0.29, 0.717) is 12.2 Å². The monoisotopic (exact) mass is 238 g/mol. The van der Waals surface area contributed by atoms with Crippen molar-refractivity contribution >= 4 is 0 Å². The fourth-order valence-corrected chi connectivity index (χ4v) is 2.11. The molecule has 1 fully saturated rings. The normalized spacial score (nSPS) is 24.4. The van der Waals surface area contributed by atoms with Crippen LogP contribution < -0.4 is 5.32 Å². The number of hydrogen-bond donors (Lipinski definition) is 1. The maximum absolute atomic E-state index is 5.77. The average Bonchev–Trinajstić information content (AvgIpc) is 2.90. The Morgan fingerprint density at radius 2 is 2.41 bits per heavy atom. The van der Waals surface area contributed by atoms with Gasteiger partial charge < -0.3 is 10.1 Å². The summed E-state index contributed by atoms with van der Waals surface area (Å²) in [6.45, 7) is 6.87. The summed E-state index contributed by atoms with van der Waals surface area (Å²) in [6.07, 6.45) is 5.93. The Kier molecular flexibility index (Phi) is 4.50. The van der Waals surface area contributed by atoms with Crippen molar-refractivity contribution in [3.8, 4) is 0 Å². The fourth-order valence-electron chi connectivity index (χ4n) is 2.11. The molecular weight excluding hydrogens is 216 g/mol. The SMILES string of the molecule is CCCNCc1ncn(CC2CCC(C)O2)n1. The molecule has 0 amide bonds. The summed E-state index contributed by atoms with van der Waals surface area (Å²) < 4.78 is 7.66. The van der Waals surface area contributed by atoms with E-state index >= 15 is 0 Å². The van der Waals surface area contributed by atoms with Crippen LogP contribution >= 0.6 is 0 Å². The van der Waals surface area contributed by atoms with Crippen molar-refractivity contribution in [3.05, 3.63) is 12.2 Å². The van der Waals surface area contributed by atoms with E-state index in [-0.39, 0.29) is 0 Å². The first-order chi connectivity index (χ1) is 8.28. The summed E-state index contributed by atoms with van der Waals surface area (Å²) >= 11 is 0. The number of rotatable bonds is 6. The predicted octanol–water partition coefficient (Wildman–Crippen LogP) is 1.35. The maximum atomic E-state index is 5.77. The first-order valence-corrected chi connectivity index (χ1v) is 6.52. The van der Waals surface area contributed by atoms with Crippen LogP contribution in [0.1, 0.15) is 38.9 Å². The van der Waals surface area contributed by atoms with Crippen LogP contribution in [-0.4, -0.2) is 33.5 Å². The topological polar surface area (TPSA) is 52.0 Å². The zero-order chi connectivity index (χ0) is 12.1. The van der Waals surface area contributed by atoms with Crippen LogP contribution in [0.4, 0.5) is 0 Å². The maximum Gasteiger partial charge on any atom is 0.164 e. The van der Waals surface area contributed by atoms with E-state index in [1.54, 1.807) is 6.33 Å². The summed E-state index contributed by atoms with van der Waals surface area (Å²) in [5, 5.41) is 7.73. The third-order valence-electron chi connectivity index (χ3n) is 3.00. The van der Waals surface area contributed by atoms with Gasteiger partial charge in [0, 0.05) is 0 Å². The van der Waals surface area contributed by atoms with Crippen LogP contribution in [-0.2, 0) is 17.8 Å². The molecule has 1 aliphatic rings. The number of aromatic nitrogens is 3. The highest BCUT2D eigenvalue weighted by molar-refractivity contribution is 4.82. The van der Waals surface area contributed by atoms with Crippen molar-refractivity contribution < 1.29 is 4.74 Å². The molecule has 1 aliphatic heterocycles. The molecule has 17 heavy (non-hydrogen) atoms. The Bertz CT molecular complexity index is 339. The van der Waals surface area contributed by atoms with Gasteiger partial charge in [-0.2, -0.15) is 5.10 Å². The van der Waals surface area contributed by atoms with Crippen LogP contribution in [0.15, 0.2) is 6.33 Å². The van der Waals surface area contributed by atoms with Gasteiger partial charge in [0.25, 0.3) is 0 Å². The van der Waals surface area contributed by atoms with E-state index in [1.165, 1.54) is 0 Å². The molecule has 2 unspecified atom stereocenters. The van der Waals surface area contributed by atoms with E-state index in [4.69, 9.17) is 4.74 Å². The van der Waals surface area contributed by atoms with Crippen LogP contribution in [0.3, 0.4) is 0 Å². The Morgan fingerprint density at radius 3 is 3.12 bits per heavy atom. The van der Waals surface area contributed by atoms with Gasteiger partial charge in [-0.1, -0.05) is 6.92 Å². The average molecular weight is 238 g/mol. The van der Waals surface area contributed by atoms with Gasteiger partial charge in [0.05, 0.1) is 25.3 Å². The van der Waals surface area contributed by atoms with Gasteiger partial charge in [0.2, 0.25) is 0 Å². The summed E-state index contributed by atoms with van der Waals surface area (Å²) in [7, 11) is 0. The van der Waals surface area contributed by atoms with E-state index in [0.717, 1.165) is 44.7 Å². The first-order valence-electron chi connectivity index (χ1n) is 6.52. The van der Waals surface area contributed by atoms with Gasteiger partial charge in [0.15, 0.2) is 5.82 Å². The number of nitrogens with zero attached hydrogens (tertiary/aromatic N) is 3. The number of hydrogen-bond acceptors (Lipinski definition) is 4. The van der Waals surface area contributed by atoms with Crippen LogP contribution in [0, 0.1) is 0 Å². The first kappa shape index (κ1) is 12.5. The molecule has 0 aromatic carbocycles. The molecule has 2 atom stereocenters. The zero-order valence-corrected chi connectivity index (χ0v) is 10.7. The molecule has 96 valence electrons. The lowest BCUT2D eigenvalue weighted by atomic mass is 10.2. The second-order valence-electron chi connectivity index (χ2n) is 4.71. The summed E-state index contributed by atoms with van der Waals surface area (Å²) in [5.41, 5.74) is 0. The van der Waals surface area contributed by atoms with Crippen LogP contribution in [0.5, 0.6) is 0 Å². The molecule has 1 aromatic rings. The highest BCUT2D eigenvalue weighted by Crippen LogP contribution is 2.19. The van der Waals surface area contributed by atoms with Crippen molar-refractivity contribution in [1.82, 2.24) is 20.1 Å². The second kappa shape index (κ2) is 6.12. The van der Waals surface area contributed by atoms with Gasteiger partial charge >= 0.3 is 0 Å². The number of nitrogens with one attached hydrogen (secondary N) is 1. The van der Waals surface area contributed by atoms with E-state index in [1.807, 2.05) is 4.68 Å². The van der Waals surface area contributed by atoms with Gasteiger partial charge in [-0.25, -0.2) is 4.98 Å². The van der Waals surface area contributed by atoms with E-state index in [2.05, 4.69) is 29.2 Å². The molecule has 2 heterocycles. The largest absolute Gasteiger partial charge is 0.373 e. The Labute approximate surface area is 103 Å². The minimum absolute atomic E-state index is 0.308. The molecule has 5 nitrogen and oxygen atoms in total. The smallest absolute Gasteiger partial charge is 0.164 e. The molecule has 0 aliphatic carbocycles. The third-order valence-corrected chi connectivity index (χ3v) is 3.00. The summed E-state index contributed by atoms with van der Waals surface area (Å²) in [4.78, 5) is 4.28. The molecule has 1 N–H and O–H groups in total. The quantitative estimate of drug-likeness (QED) is 0.760.